The molecule has 1 heterocycles. The largest absolute Gasteiger partial charge is 0.335 e. The summed E-state index contributed by atoms with van der Waals surface area (Å²) in [6.45, 7) is 7.52. The number of aromatic nitrogens is 2. The van der Waals surface area contributed by atoms with Gasteiger partial charge < -0.3 is 9.88 Å². The van der Waals surface area contributed by atoms with Crippen LogP contribution in [0, 0.1) is 0 Å². The highest BCUT2D eigenvalue weighted by Crippen LogP contribution is 2.11. The Morgan fingerprint density at radius 3 is 2.77 bits per heavy atom. The van der Waals surface area contributed by atoms with E-state index in [1.807, 2.05) is 19.6 Å². The number of nitrogens with zero attached hydrogens (tertiary/aromatic N) is 2. The van der Waals surface area contributed by atoms with Crippen LogP contribution in [0.5, 0.6) is 0 Å². The number of likely N-dealkylation sites (N-methyl/N-ethyl adjacent to an activating group) is 1. The van der Waals surface area contributed by atoms with Crippen molar-refractivity contribution < 1.29 is 0 Å². The summed E-state index contributed by atoms with van der Waals surface area (Å²) in [4.78, 5) is 4.15. The van der Waals surface area contributed by atoms with Crippen LogP contribution in [0.2, 0.25) is 0 Å². The standard InChI is InChI=1S/C10H19N3/c1-5-13-8-12-7-9(13)6-10(2,3)11-4/h7-8,11H,5-6H2,1-4H3. The van der Waals surface area contributed by atoms with Crippen molar-refractivity contribution in [3.8, 4) is 0 Å². The summed E-state index contributed by atoms with van der Waals surface area (Å²) in [7, 11) is 1.99. The van der Waals surface area contributed by atoms with E-state index in [9.17, 15) is 0 Å². The monoisotopic (exact) mass is 181 g/mol. The van der Waals surface area contributed by atoms with Crippen LogP contribution in [0.25, 0.3) is 0 Å². The lowest BCUT2D eigenvalue weighted by Gasteiger charge is -2.24. The number of hydrogen-bond donors (Lipinski definition) is 1. The quantitative estimate of drug-likeness (QED) is 0.761. The van der Waals surface area contributed by atoms with Gasteiger partial charge in [0.05, 0.1) is 6.33 Å². The summed E-state index contributed by atoms with van der Waals surface area (Å²) in [6.07, 6.45) is 4.85. The van der Waals surface area contributed by atoms with Crippen LogP contribution >= 0.6 is 0 Å². The van der Waals surface area contributed by atoms with E-state index in [1.165, 1.54) is 5.69 Å². The molecule has 74 valence electrons. The van der Waals surface area contributed by atoms with Gasteiger partial charge in [-0.05, 0) is 27.8 Å². The third-order valence-corrected chi connectivity index (χ3v) is 2.44. The van der Waals surface area contributed by atoms with Gasteiger partial charge in [-0.2, -0.15) is 0 Å². The Hall–Kier alpha value is -0.830. The Morgan fingerprint density at radius 1 is 1.54 bits per heavy atom. The molecule has 0 unspecified atom stereocenters. The molecule has 1 aromatic heterocycles. The number of aryl methyl sites for hydroxylation is 1. The van der Waals surface area contributed by atoms with Crippen molar-refractivity contribution in [3.63, 3.8) is 0 Å². The highest BCUT2D eigenvalue weighted by Gasteiger charge is 2.17. The maximum Gasteiger partial charge on any atom is 0.0948 e. The number of rotatable bonds is 4. The van der Waals surface area contributed by atoms with E-state index in [2.05, 4.69) is 35.6 Å². The van der Waals surface area contributed by atoms with Crippen LogP contribution in [0.15, 0.2) is 12.5 Å². The van der Waals surface area contributed by atoms with E-state index in [-0.39, 0.29) is 5.54 Å². The van der Waals surface area contributed by atoms with Gasteiger partial charge in [-0.1, -0.05) is 0 Å². The lowest BCUT2D eigenvalue weighted by molar-refractivity contribution is 0.411. The number of nitrogens with one attached hydrogen (secondary N) is 1. The average molecular weight is 181 g/mol. The highest BCUT2D eigenvalue weighted by molar-refractivity contribution is 5.03. The summed E-state index contributed by atoms with van der Waals surface area (Å²) in [5.41, 5.74) is 1.44. The normalized spacial score (nSPS) is 12.0. The zero-order chi connectivity index (χ0) is 9.90. The van der Waals surface area contributed by atoms with Crippen LogP contribution in [0.3, 0.4) is 0 Å². The maximum atomic E-state index is 4.15. The van der Waals surface area contributed by atoms with Crippen molar-refractivity contribution in [1.29, 1.82) is 0 Å². The second kappa shape index (κ2) is 3.92. The minimum atomic E-state index is 0.146. The second-order valence-corrected chi connectivity index (χ2v) is 3.98. The molecule has 0 aliphatic carbocycles. The van der Waals surface area contributed by atoms with Crippen molar-refractivity contribution in [2.75, 3.05) is 7.05 Å². The summed E-state index contributed by atoms with van der Waals surface area (Å²) < 4.78 is 2.18. The molecule has 1 N–H and O–H groups in total. The van der Waals surface area contributed by atoms with Gasteiger partial charge >= 0.3 is 0 Å². The molecule has 13 heavy (non-hydrogen) atoms. The molecule has 0 aliphatic heterocycles. The lowest BCUT2D eigenvalue weighted by Crippen LogP contribution is -2.38. The molecule has 0 aliphatic rings. The van der Waals surface area contributed by atoms with Crippen LogP contribution < -0.4 is 5.32 Å². The van der Waals surface area contributed by atoms with E-state index >= 15 is 0 Å². The van der Waals surface area contributed by atoms with Crippen molar-refractivity contribution in [3.05, 3.63) is 18.2 Å². The SMILES string of the molecule is CCn1cncc1CC(C)(C)NC. The van der Waals surface area contributed by atoms with Crippen LogP contribution in [0.4, 0.5) is 0 Å². The molecule has 0 radical (unpaired) electrons. The Bertz CT molecular complexity index is 263. The van der Waals surface area contributed by atoms with E-state index in [1.54, 1.807) is 0 Å². The number of hydrogen-bond acceptors (Lipinski definition) is 2. The molecular weight excluding hydrogens is 162 g/mol. The molecule has 1 rings (SSSR count). The van der Waals surface area contributed by atoms with Gasteiger partial charge in [0, 0.05) is 30.4 Å². The Morgan fingerprint density at radius 2 is 2.23 bits per heavy atom. The molecule has 1 aromatic rings. The van der Waals surface area contributed by atoms with Crippen molar-refractivity contribution >= 4 is 0 Å². The van der Waals surface area contributed by atoms with Gasteiger partial charge in [-0.3, -0.25) is 0 Å². The molecule has 3 nitrogen and oxygen atoms in total. The van der Waals surface area contributed by atoms with E-state index in [0.717, 1.165) is 13.0 Å². The molecule has 0 atom stereocenters. The first kappa shape index (κ1) is 10.3. The highest BCUT2D eigenvalue weighted by atomic mass is 15.0. The van der Waals surface area contributed by atoms with Gasteiger partial charge in [0.25, 0.3) is 0 Å². The van der Waals surface area contributed by atoms with Crippen molar-refractivity contribution in [1.82, 2.24) is 14.9 Å². The van der Waals surface area contributed by atoms with E-state index in [4.69, 9.17) is 0 Å². The first-order valence-corrected chi connectivity index (χ1v) is 4.77. The summed E-state index contributed by atoms with van der Waals surface area (Å²) in [5, 5.41) is 3.29. The second-order valence-electron chi connectivity index (χ2n) is 3.98. The first-order valence-electron chi connectivity index (χ1n) is 4.77. The topological polar surface area (TPSA) is 29.9 Å². The smallest absolute Gasteiger partial charge is 0.0948 e. The van der Waals surface area contributed by atoms with E-state index < -0.39 is 0 Å². The zero-order valence-corrected chi connectivity index (χ0v) is 8.96. The molecule has 0 saturated carbocycles. The fraction of sp³-hybridized carbons (Fsp3) is 0.700. The van der Waals surface area contributed by atoms with E-state index in [0.29, 0.717) is 0 Å². The average Bonchev–Trinajstić information content (AvgIpc) is 2.51. The van der Waals surface area contributed by atoms with Crippen LogP contribution in [-0.4, -0.2) is 22.1 Å². The van der Waals surface area contributed by atoms with Gasteiger partial charge in [-0.25, -0.2) is 4.98 Å². The minimum absolute atomic E-state index is 0.146. The fourth-order valence-corrected chi connectivity index (χ4v) is 1.32. The van der Waals surface area contributed by atoms with Crippen LogP contribution in [-0.2, 0) is 13.0 Å². The van der Waals surface area contributed by atoms with Crippen molar-refractivity contribution in [2.24, 2.45) is 0 Å². The predicted octanol–water partition coefficient (Wildman–Crippen LogP) is 1.44. The third kappa shape index (κ3) is 2.56. The van der Waals surface area contributed by atoms with Gasteiger partial charge in [0.2, 0.25) is 0 Å². The molecule has 3 heteroatoms. The minimum Gasteiger partial charge on any atom is -0.335 e. The molecule has 0 aromatic carbocycles. The fourth-order valence-electron chi connectivity index (χ4n) is 1.32. The predicted molar refractivity (Wildman–Crippen MR) is 54.7 cm³/mol. The Balaban J connectivity index is 2.73. The first-order chi connectivity index (χ1) is 6.09. The Kier molecular flexibility index (Phi) is 3.09. The summed E-state index contributed by atoms with van der Waals surface area (Å²) >= 11 is 0. The molecule has 0 fully saturated rings. The Labute approximate surface area is 80.2 Å². The summed E-state index contributed by atoms with van der Waals surface area (Å²) in [6, 6.07) is 0. The number of imidazole rings is 1. The van der Waals surface area contributed by atoms with Gasteiger partial charge in [0.15, 0.2) is 0 Å². The maximum absolute atomic E-state index is 4.15. The molecule has 0 spiro atoms. The van der Waals surface area contributed by atoms with Crippen molar-refractivity contribution in [2.45, 2.75) is 39.3 Å². The molecule has 0 amide bonds. The summed E-state index contributed by atoms with van der Waals surface area (Å²) in [5.74, 6) is 0. The molecular formula is C10H19N3. The van der Waals surface area contributed by atoms with Gasteiger partial charge in [0.1, 0.15) is 0 Å². The zero-order valence-electron chi connectivity index (χ0n) is 8.96. The molecule has 0 saturated heterocycles. The lowest BCUT2D eigenvalue weighted by atomic mass is 9.99. The van der Waals surface area contributed by atoms with Crippen LogP contribution in [0.1, 0.15) is 26.5 Å². The third-order valence-electron chi connectivity index (χ3n) is 2.44. The van der Waals surface area contributed by atoms with Gasteiger partial charge in [-0.15, -0.1) is 0 Å². The molecule has 0 bridgehead atoms.